The predicted octanol–water partition coefficient (Wildman–Crippen LogP) is 1.78. The molecule has 21 heavy (non-hydrogen) atoms. The zero-order chi connectivity index (χ0) is 15.3. The third-order valence-corrected chi connectivity index (χ3v) is 5.13. The van der Waals surface area contributed by atoms with Crippen LogP contribution < -0.4 is 4.72 Å². The van der Waals surface area contributed by atoms with Crippen LogP contribution in [0.5, 0.6) is 0 Å². The SMILES string of the molecule is CCOC(=O)c1ccc(NS(=O)(=O)C2CCOCC2)cc1. The molecule has 7 heteroatoms. The van der Waals surface area contributed by atoms with E-state index in [1.807, 2.05) is 0 Å². The van der Waals surface area contributed by atoms with Crippen molar-refractivity contribution < 1.29 is 22.7 Å². The molecule has 0 unspecified atom stereocenters. The molecule has 1 aliphatic rings. The molecule has 0 bridgehead atoms. The molecule has 0 saturated carbocycles. The van der Waals surface area contributed by atoms with Crippen molar-refractivity contribution in [2.75, 3.05) is 24.5 Å². The summed E-state index contributed by atoms with van der Waals surface area (Å²) in [6.45, 7) is 2.96. The topological polar surface area (TPSA) is 81.7 Å². The molecule has 1 aliphatic heterocycles. The van der Waals surface area contributed by atoms with Crippen LogP contribution in [0.2, 0.25) is 0 Å². The molecule has 0 aliphatic carbocycles. The van der Waals surface area contributed by atoms with Crippen molar-refractivity contribution in [1.82, 2.24) is 0 Å². The highest BCUT2D eigenvalue weighted by atomic mass is 32.2. The first-order chi connectivity index (χ1) is 10.0. The Morgan fingerprint density at radius 2 is 1.90 bits per heavy atom. The highest BCUT2D eigenvalue weighted by molar-refractivity contribution is 7.93. The minimum atomic E-state index is -3.43. The van der Waals surface area contributed by atoms with Gasteiger partial charge in [0.25, 0.3) is 0 Å². The Morgan fingerprint density at radius 3 is 2.48 bits per heavy atom. The Bertz CT molecular complexity index is 576. The second-order valence-electron chi connectivity index (χ2n) is 4.76. The van der Waals surface area contributed by atoms with Crippen molar-refractivity contribution >= 4 is 21.7 Å². The van der Waals surface area contributed by atoms with E-state index in [1.165, 1.54) is 0 Å². The normalized spacial score (nSPS) is 16.4. The van der Waals surface area contributed by atoms with E-state index in [0.29, 0.717) is 43.9 Å². The summed E-state index contributed by atoms with van der Waals surface area (Å²) in [7, 11) is -3.43. The van der Waals surface area contributed by atoms with E-state index in [1.54, 1.807) is 31.2 Å². The van der Waals surface area contributed by atoms with Crippen LogP contribution in [0.25, 0.3) is 0 Å². The molecule has 1 saturated heterocycles. The second-order valence-corrected chi connectivity index (χ2v) is 6.72. The van der Waals surface area contributed by atoms with Crippen molar-refractivity contribution in [1.29, 1.82) is 0 Å². The number of nitrogens with one attached hydrogen (secondary N) is 1. The van der Waals surface area contributed by atoms with E-state index in [0.717, 1.165) is 0 Å². The Kier molecular flexibility index (Phi) is 5.19. The molecular formula is C14H19NO5S. The number of rotatable bonds is 5. The Balaban J connectivity index is 2.04. The van der Waals surface area contributed by atoms with Gasteiger partial charge in [0, 0.05) is 18.9 Å². The number of esters is 1. The van der Waals surface area contributed by atoms with Gasteiger partial charge in [-0.1, -0.05) is 0 Å². The summed E-state index contributed by atoms with van der Waals surface area (Å²) >= 11 is 0. The first kappa shape index (κ1) is 15.8. The zero-order valence-corrected chi connectivity index (χ0v) is 12.7. The number of ether oxygens (including phenoxy) is 2. The lowest BCUT2D eigenvalue weighted by atomic mass is 10.2. The van der Waals surface area contributed by atoms with E-state index < -0.39 is 21.2 Å². The fraction of sp³-hybridized carbons (Fsp3) is 0.500. The summed E-state index contributed by atoms with van der Waals surface area (Å²) in [5.41, 5.74) is 0.834. The van der Waals surface area contributed by atoms with Crippen LogP contribution in [0.4, 0.5) is 5.69 Å². The lowest BCUT2D eigenvalue weighted by Gasteiger charge is -2.22. The maximum atomic E-state index is 12.2. The second kappa shape index (κ2) is 6.91. The summed E-state index contributed by atoms with van der Waals surface area (Å²) in [4.78, 5) is 11.5. The van der Waals surface area contributed by atoms with Gasteiger partial charge in [-0.2, -0.15) is 0 Å². The quantitative estimate of drug-likeness (QED) is 0.838. The van der Waals surface area contributed by atoms with E-state index >= 15 is 0 Å². The number of hydrogen-bond donors (Lipinski definition) is 1. The van der Waals surface area contributed by atoms with E-state index in [4.69, 9.17) is 9.47 Å². The number of carbonyl (C=O) groups is 1. The zero-order valence-electron chi connectivity index (χ0n) is 11.9. The van der Waals surface area contributed by atoms with Gasteiger partial charge in [-0.15, -0.1) is 0 Å². The van der Waals surface area contributed by atoms with Gasteiger partial charge in [-0.25, -0.2) is 13.2 Å². The minimum absolute atomic E-state index is 0.303. The first-order valence-electron chi connectivity index (χ1n) is 6.89. The van der Waals surface area contributed by atoms with Crippen LogP contribution >= 0.6 is 0 Å². The number of anilines is 1. The monoisotopic (exact) mass is 313 g/mol. The van der Waals surface area contributed by atoms with Gasteiger partial charge in [-0.3, -0.25) is 4.72 Å². The van der Waals surface area contributed by atoms with E-state index in [2.05, 4.69) is 4.72 Å². The molecule has 0 amide bonds. The van der Waals surface area contributed by atoms with Crippen LogP contribution in [-0.2, 0) is 19.5 Å². The van der Waals surface area contributed by atoms with Crippen molar-refractivity contribution in [3.63, 3.8) is 0 Å². The number of hydrogen-bond acceptors (Lipinski definition) is 5. The summed E-state index contributed by atoms with van der Waals surface area (Å²) in [6.07, 6.45) is 0.993. The van der Waals surface area contributed by atoms with Gasteiger partial charge >= 0.3 is 5.97 Å². The minimum Gasteiger partial charge on any atom is -0.462 e. The Labute approximate surface area is 124 Å². The van der Waals surface area contributed by atoms with Crippen molar-refractivity contribution in [2.24, 2.45) is 0 Å². The molecule has 0 radical (unpaired) electrons. The molecule has 0 atom stereocenters. The van der Waals surface area contributed by atoms with Crippen molar-refractivity contribution in [2.45, 2.75) is 25.0 Å². The van der Waals surface area contributed by atoms with Crippen molar-refractivity contribution in [3.05, 3.63) is 29.8 Å². The number of carbonyl (C=O) groups excluding carboxylic acids is 1. The van der Waals surface area contributed by atoms with Gasteiger partial charge in [0.05, 0.1) is 17.4 Å². The average Bonchev–Trinajstić information content (AvgIpc) is 2.49. The Hall–Kier alpha value is -1.60. The van der Waals surface area contributed by atoms with Gasteiger partial charge in [0.2, 0.25) is 10.0 Å². The van der Waals surface area contributed by atoms with E-state index in [-0.39, 0.29) is 0 Å². The fourth-order valence-corrected chi connectivity index (χ4v) is 3.57. The largest absolute Gasteiger partial charge is 0.462 e. The summed E-state index contributed by atoms with van der Waals surface area (Å²) < 4.78 is 37.0. The molecule has 0 spiro atoms. The average molecular weight is 313 g/mol. The molecule has 1 N–H and O–H groups in total. The van der Waals surface area contributed by atoms with Crippen LogP contribution in [0.15, 0.2) is 24.3 Å². The lowest BCUT2D eigenvalue weighted by molar-refractivity contribution is 0.0526. The Morgan fingerprint density at radius 1 is 1.29 bits per heavy atom. The highest BCUT2D eigenvalue weighted by Crippen LogP contribution is 2.19. The summed E-state index contributed by atoms with van der Waals surface area (Å²) in [5.74, 6) is -0.420. The smallest absolute Gasteiger partial charge is 0.338 e. The third-order valence-electron chi connectivity index (χ3n) is 3.26. The molecule has 1 fully saturated rings. The fourth-order valence-electron chi connectivity index (χ4n) is 2.12. The lowest BCUT2D eigenvalue weighted by Crippen LogP contribution is -2.33. The molecule has 2 rings (SSSR count). The summed E-state index contributed by atoms with van der Waals surface area (Å²) in [6, 6.07) is 6.20. The van der Waals surface area contributed by atoms with Gasteiger partial charge < -0.3 is 9.47 Å². The first-order valence-corrected chi connectivity index (χ1v) is 8.44. The molecular weight excluding hydrogens is 294 g/mol. The van der Waals surface area contributed by atoms with Gasteiger partial charge in [0.1, 0.15) is 0 Å². The molecule has 6 nitrogen and oxygen atoms in total. The van der Waals surface area contributed by atoms with Crippen LogP contribution in [-0.4, -0.2) is 39.5 Å². The molecule has 1 heterocycles. The van der Waals surface area contributed by atoms with E-state index in [9.17, 15) is 13.2 Å². The standard InChI is InChI=1S/C14H19NO5S/c1-2-20-14(16)11-3-5-12(6-4-11)15-21(17,18)13-7-9-19-10-8-13/h3-6,13,15H,2,7-10H2,1H3. The van der Waals surface area contributed by atoms with Gasteiger partial charge in [0.15, 0.2) is 0 Å². The van der Waals surface area contributed by atoms with Crippen LogP contribution in [0, 0.1) is 0 Å². The van der Waals surface area contributed by atoms with Crippen LogP contribution in [0.1, 0.15) is 30.1 Å². The summed E-state index contributed by atoms with van der Waals surface area (Å²) in [5, 5.41) is -0.434. The molecule has 1 aromatic rings. The maximum absolute atomic E-state index is 12.2. The molecule has 116 valence electrons. The third kappa shape index (κ3) is 4.18. The van der Waals surface area contributed by atoms with Crippen LogP contribution in [0.3, 0.4) is 0 Å². The number of sulfonamides is 1. The molecule has 1 aromatic carbocycles. The van der Waals surface area contributed by atoms with Gasteiger partial charge in [-0.05, 0) is 44.0 Å². The predicted molar refractivity (Wildman–Crippen MR) is 78.8 cm³/mol. The maximum Gasteiger partial charge on any atom is 0.338 e. The van der Waals surface area contributed by atoms with Crippen molar-refractivity contribution in [3.8, 4) is 0 Å². The number of benzene rings is 1. The highest BCUT2D eigenvalue weighted by Gasteiger charge is 2.27. The molecule has 0 aromatic heterocycles.